The second-order valence-corrected chi connectivity index (χ2v) is 3.55. The van der Waals surface area contributed by atoms with Gasteiger partial charge in [-0.05, 0) is 12.5 Å². The van der Waals surface area contributed by atoms with Crippen LogP contribution in [-0.2, 0) is 4.74 Å². The van der Waals surface area contributed by atoms with E-state index in [2.05, 4.69) is 25.7 Å². The Morgan fingerprint density at radius 3 is 2.82 bits per heavy atom. The van der Waals surface area contributed by atoms with Gasteiger partial charge in [0.2, 0.25) is 0 Å². The van der Waals surface area contributed by atoms with E-state index >= 15 is 0 Å². The summed E-state index contributed by atoms with van der Waals surface area (Å²) in [6.45, 7) is 11.0. The van der Waals surface area contributed by atoms with Gasteiger partial charge in [-0.25, -0.2) is 0 Å². The molecule has 2 nitrogen and oxygen atoms in total. The lowest BCUT2D eigenvalue weighted by atomic mass is 10.1. The molecule has 1 aliphatic rings. The number of nitrogens with zero attached hydrogens (tertiary/aromatic N) is 1. The average molecular weight is 157 g/mol. The van der Waals surface area contributed by atoms with Crippen molar-refractivity contribution in [1.82, 2.24) is 4.90 Å². The van der Waals surface area contributed by atoms with Crippen LogP contribution in [0.15, 0.2) is 0 Å². The van der Waals surface area contributed by atoms with Crippen LogP contribution in [0.1, 0.15) is 20.8 Å². The molecule has 2 heteroatoms. The van der Waals surface area contributed by atoms with E-state index in [-0.39, 0.29) is 0 Å². The topological polar surface area (TPSA) is 12.5 Å². The van der Waals surface area contributed by atoms with Gasteiger partial charge in [0.05, 0.1) is 12.7 Å². The molecule has 0 aromatic carbocycles. The molecule has 66 valence electrons. The molecule has 0 spiro atoms. The normalized spacial score (nSPS) is 27.8. The third-order valence-corrected chi connectivity index (χ3v) is 2.37. The van der Waals surface area contributed by atoms with Crippen LogP contribution in [0.3, 0.4) is 0 Å². The van der Waals surface area contributed by atoms with E-state index in [9.17, 15) is 0 Å². The lowest BCUT2D eigenvalue weighted by molar-refractivity contribution is -0.0487. The van der Waals surface area contributed by atoms with Crippen molar-refractivity contribution >= 4 is 0 Å². The Morgan fingerprint density at radius 2 is 2.27 bits per heavy atom. The molecule has 11 heavy (non-hydrogen) atoms. The van der Waals surface area contributed by atoms with E-state index in [1.165, 1.54) is 0 Å². The van der Waals surface area contributed by atoms with E-state index in [0.29, 0.717) is 12.0 Å². The van der Waals surface area contributed by atoms with Crippen LogP contribution >= 0.6 is 0 Å². The molecular weight excluding hydrogens is 138 g/mol. The smallest absolute Gasteiger partial charge is 0.0725 e. The van der Waals surface area contributed by atoms with Crippen LogP contribution in [0.2, 0.25) is 0 Å². The van der Waals surface area contributed by atoms with Crippen molar-refractivity contribution in [2.24, 2.45) is 5.92 Å². The van der Waals surface area contributed by atoms with Crippen molar-refractivity contribution in [3.05, 3.63) is 0 Å². The Balaban J connectivity index is 2.33. The van der Waals surface area contributed by atoms with E-state index in [1.54, 1.807) is 0 Å². The Kier molecular flexibility index (Phi) is 3.34. The maximum atomic E-state index is 5.63. The molecule has 1 aliphatic heterocycles. The fourth-order valence-electron chi connectivity index (χ4n) is 1.42. The number of hydrogen-bond acceptors (Lipinski definition) is 2. The highest BCUT2D eigenvalue weighted by atomic mass is 16.5. The molecule has 0 N–H and O–H groups in total. The molecule has 0 radical (unpaired) electrons. The Labute approximate surface area is 69.5 Å². The molecular formula is C9H19NO. The second kappa shape index (κ2) is 4.07. The molecule has 0 aromatic heterocycles. The number of ether oxygens (including phenoxy) is 1. The van der Waals surface area contributed by atoms with Gasteiger partial charge in [-0.3, -0.25) is 4.90 Å². The third-order valence-electron chi connectivity index (χ3n) is 2.37. The van der Waals surface area contributed by atoms with Crippen molar-refractivity contribution in [2.75, 3.05) is 26.2 Å². The molecule has 1 unspecified atom stereocenters. The van der Waals surface area contributed by atoms with Gasteiger partial charge in [0.25, 0.3) is 0 Å². The molecule has 0 aromatic rings. The summed E-state index contributed by atoms with van der Waals surface area (Å²) in [7, 11) is 0. The molecule has 1 fully saturated rings. The summed E-state index contributed by atoms with van der Waals surface area (Å²) in [6.07, 6.45) is 0.462. The van der Waals surface area contributed by atoms with E-state index in [1.807, 2.05) is 0 Å². The van der Waals surface area contributed by atoms with E-state index in [4.69, 9.17) is 4.74 Å². The van der Waals surface area contributed by atoms with Gasteiger partial charge in [0, 0.05) is 13.1 Å². The molecule has 0 aliphatic carbocycles. The van der Waals surface area contributed by atoms with Crippen molar-refractivity contribution in [3.8, 4) is 0 Å². The first-order valence-corrected chi connectivity index (χ1v) is 4.58. The van der Waals surface area contributed by atoms with Crippen LogP contribution in [-0.4, -0.2) is 37.2 Å². The predicted molar refractivity (Wildman–Crippen MR) is 46.7 cm³/mol. The van der Waals surface area contributed by atoms with Crippen LogP contribution in [0, 0.1) is 5.92 Å². The first-order chi connectivity index (χ1) is 5.24. The summed E-state index contributed by atoms with van der Waals surface area (Å²) < 4.78 is 5.63. The van der Waals surface area contributed by atoms with Crippen LogP contribution < -0.4 is 0 Å². The van der Waals surface area contributed by atoms with Gasteiger partial charge in [-0.1, -0.05) is 20.8 Å². The molecule has 1 atom stereocenters. The highest BCUT2D eigenvalue weighted by Gasteiger charge is 2.21. The lowest BCUT2D eigenvalue weighted by Gasteiger charge is -2.34. The maximum absolute atomic E-state index is 5.63. The summed E-state index contributed by atoms with van der Waals surface area (Å²) in [6, 6.07) is 0. The maximum Gasteiger partial charge on any atom is 0.0725 e. The number of likely N-dealkylation sites (N-methyl/N-ethyl adjacent to an activating group) is 1. The van der Waals surface area contributed by atoms with Gasteiger partial charge in [0.1, 0.15) is 0 Å². The second-order valence-electron chi connectivity index (χ2n) is 3.55. The summed E-state index contributed by atoms with van der Waals surface area (Å²) in [4.78, 5) is 2.45. The fraction of sp³-hybridized carbons (Fsp3) is 1.00. The van der Waals surface area contributed by atoms with Crippen molar-refractivity contribution in [2.45, 2.75) is 26.9 Å². The Morgan fingerprint density at radius 1 is 1.55 bits per heavy atom. The van der Waals surface area contributed by atoms with Crippen molar-refractivity contribution in [3.63, 3.8) is 0 Å². The van der Waals surface area contributed by atoms with Gasteiger partial charge in [0.15, 0.2) is 0 Å². The zero-order valence-corrected chi connectivity index (χ0v) is 7.84. The lowest BCUT2D eigenvalue weighted by Crippen LogP contribution is -2.44. The number of rotatable bonds is 2. The highest BCUT2D eigenvalue weighted by Crippen LogP contribution is 2.12. The summed E-state index contributed by atoms with van der Waals surface area (Å²) >= 11 is 0. The molecule has 0 amide bonds. The van der Waals surface area contributed by atoms with Gasteiger partial charge < -0.3 is 4.74 Å². The predicted octanol–water partition coefficient (Wildman–Crippen LogP) is 1.36. The highest BCUT2D eigenvalue weighted by molar-refractivity contribution is 4.72. The zero-order valence-electron chi connectivity index (χ0n) is 7.84. The van der Waals surface area contributed by atoms with Gasteiger partial charge in [-0.15, -0.1) is 0 Å². The molecule has 0 saturated carbocycles. The van der Waals surface area contributed by atoms with Crippen molar-refractivity contribution in [1.29, 1.82) is 0 Å². The standard InChI is InChI=1S/C9H19NO/c1-4-10-5-6-11-9(7-10)8(2)3/h8-9H,4-7H2,1-3H3. The van der Waals surface area contributed by atoms with E-state index in [0.717, 1.165) is 26.2 Å². The van der Waals surface area contributed by atoms with Crippen LogP contribution in [0.4, 0.5) is 0 Å². The average Bonchev–Trinajstić information content (AvgIpc) is 2.05. The van der Waals surface area contributed by atoms with Crippen molar-refractivity contribution < 1.29 is 4.74 Å². The molecule has 0 bridgehead atoms. The monoisotopic (exact) mass is 157 g/mol. The first-order valence-electron chi connectivity index (χ1n) is 4.58. The summed E-state index contributed by atoms with van der Waals surface area (Å²) in [5, 5.41) is 0. The minimum Gasteiger partial charge on any atom is -0.375 e. The summed E-state index contributed by atoms with van der Waals surface area (Å²) in [5.41, 5.74) is 0. The zero-order chi connectivity index (χ0) is 8.27. The fourth-order valence-corrected chi connectivity index (χ4v) is 1.42. The Bertz CT molecular complexity index is 114. The largest absolute Gasteiger partial charge is 0.375 e. The molecule has 1 saturated heterocycles. The summed E-state index contributed by atoms with van der Waals surface area (Å²) in [5.74, 6) is 0.657. The third kappa shape index (κ3) is 2.46. The van der Waals surface area contributed by atoms with E-state index < -0.39 is 0 Å². The van der Waals surface area contributed by atoms with Crippen LogP contribution in [0.5, 0.6) is 0 Å². The minimum absolute atomic E-state index is 0.462. The van der Waals surface area contributed by atoms with Gasteiger partial charge >= 0.3 is 0 Å². The Hall–Kier alpha value is -0.0800. The number of hydrogen-bond donors (Lipinski definition) is 0. The van der Waals surface area contributed by atoms with Gasteiger partial charge in [-0.2, -0.15) is 0 Å². The van der Waals surface area contributed by atoms with Crippen LogP contribution in [0.25, 0.3) is 0 Å². The minimum atomic E-state index is 0.462. The molecule has 1 heterocycles. The first kappa shape index (κ1) is 9.01. The quantitative estimate of drug-likeness (QED) is 0.600. The number of morpholine rings is 1. The molecule has 1 rings (SSSR count). The SMILES string of the molecule is CCN1CCOC(C(C)C)C1.